The lowest BCUT2D eigenvalue weighted by atomic mass is 9.69. The number of ether oxygens (including phenoxy) is 1. The van der Waals surface area contributed by atoms with E-state index in [0.29, 0.717) is 28.7 Å². The Labute approximate surface area is 161 Å². The third kappa shape index (κ3) is 4.20. The quantitative estimate of drug-likeness (QED) is 0.535. The predicted octanol–water partition coefficient (Wildman–Crippen LogP) is 5.37. The van der Waals surface area contributed by atoms with E-state index in [1.807, 2.05) is 6.92 Å². The van der Waals surface area contributed by atoms with Crippen molar-refractivity contribution in [3.8, 4) is 0 Å². The SMILES string of the molecule is C/C=C(\C)C(=O)Nc1sc2c(c1C(=O)OCC)CC[C@H](C(C)(C)CC)C2. The van der Waals surface area contributed by atoms with Gasteiger partial charge in [0.1, 0.15) is 5.00 Å². The van der Waals surface area contributed by atoms with Crippen LogP contribution in [0, 0.1) is 11.3 Å². The minimum atomic E-state index is -0.327. The van der Waals surface area contributed by atoms with Crippen molar-refractivity contribution in [1.29, 1.82) is 0 Å². The molecule has 2 rings (SSSR count). The maximum atomic E-state index is 12.6. The average molecular weight is 378 g/mol. The fourth-order valence-corrected chi connectivity index (χ4v) is 4.69. The van der Waals surface area contributed by atoms with Crippen molar-refractivity contribution < 1.29 is 14.3 Å². The van der Waals surface area contributed by atoms with Gasteiger partial charge >= 0.3 is 5.97 Å². The molecule has 4 nitrogen and oxygen atoms in total. The van der Waals surface area contributed by atoms with Gasteiger partial charge in [0.2, 0.25) is 0 Å². The number of esters is 1. The summed E-state index contributed by atoms with van der Waals surface area (Å²) >= 11 is 1.54. The number of fused-ring (bicyclic) bond motifs is 1. The van der Waals surface area contributed by atoms with E-state index in [1.54, 1.807) is 31.3 Å². The number of hydrogen-bond acceptors (Lipinski definition) is 4. The zero-order chi connectivity index (χ0) is 19.5. The number of thiophene rings is 1. The fraction of sp³-hybridized carbons (Fsp3) is 0.619. The van der Waals surface area contributed by atoms with Crippen LogP contribution in [-0.4, -0.2) is 18.5 Å². The molecule has 0 saturated heterocycles. The molecule has 5 heteroatoms. The van der Waals surface area contributed by atoms with E-state index in [0.717, 1.165) is 31.2 Å². The lowest BCUT2D eigenvalue weighted by Crippen LogP contribution is -2.28. The van der Waals surface area contributed by atoms with Gasteiger partial charge in [0, 0.05) is 10.5 Å². The highest BCUT2D eigenvalue weighted by Crippen LogP contribution is 2.45. The first-order valence-electron chi connectivity index (χ1n) is 9.51. The van der Waals surface area contributed by atoms with E-state index in [4.69, 9.17) is 4.74 Å². The summed E-state index contributed by atoms with van der Waals surface area (Å²) in [4.78, 5) is 26.1. The van der Waals surface area contributed by atoms with Crippen LogP contribution in [0.2, 0.25) is 0 Å². The largest absolute Gasteiger partial charge is 0.462 e. The molecule has 0 bridgehead atoms. The summed E-state index contributed by atoms with van der Waals surface area (Å²) in [5, 5.41) is 3.57. The molecule has 144 valence electrons. The van der Waals surface area contributed by atoms with E-state index < -0.39 is 0 Å². The molecule has 1 amide bonds. The molecule has 0 fully saturated rings. The summed E-state index contributed by atoms with van der Waals surface area (Å²) in [7, 11) is 0. The minimum Gasteiger partial charge on any atom is -0.462 e. The molecule has 1 N–H and O–H groups in total. The zero-order valence-electron chi connectivity index (χ0n) is 16.8. The molecule has 1 heterocycles. The Morgan fingerprint density at radius 2 is 2.04 bits per heavy atom. The first-order valence-corrected chi connectivity index (χ1v) is 10.3. The molecule has 0 unspecified atom stereocenters. The van der Waals surface area contributed by atoms with Gasteiger partial charge in [-0.25, -0.2) is 4.79 Å². The maximum absolute atomic E-state index is 12.6. The lowest BCUT2D eigenvalue weighted by Gasteiger charge is -2.36. The van der Waals surface area contributed by atoms with Crippen LogP contribution >= 0.6 is 11.3 Å². The van der Waals surface area contributed by atoms with Gasteiger partial charge in [-0.1, -0.05) is 33.3 Å². The first-order chi connectivity index (χ1) is 12.2. The van der Waals surface area contributed by atoms with Crippen molar-refractivity contribution in [3.05, 3.63) is 27.7 Å². The molecule has 0 aromatic carbocycles. The van der Waals surface area contributed by atoms with Crippen LogP contribution < -0.4 is 5.32 Å². The van der Waals surface area contributed by atoms with Gasteiger partial charge in [0.15, 0.2) is 0 Å². The van der Waals surface area contributed by atoms with E-state index in [1.165, 1.54) is 4.88 Å². The highest BCUT2D eigenvalue weighted by atomic mass is 32.1. The number of anilines is 1. The molecule has 1 aliphatic carbocycles. The molecule has 1 aromatic heterocycles. The first kappa shape index (κ1) is 20.7. The normalized spacial score (nSPS) is 17.6. The number of carbonyl (C=O) groups excluding carboxylic acids is 2. The second-order valence-electron chi connectivity index (χ2n) is 7.64. The van der Waals surface area contributed by atoms with Crippen molar-refractivity contribution in [1.82, 2.24) is 0 Å². The van der Waals surface area contributed by atoms with Crippen molar-refractivity contribution >= 4 is 28.2 Å². The summed E-state index contributed by atoms with van der Waals surface area (Å²) in [5.41, 5.74) is 2.55. The topological polar surface area (TPSA) is 55.4 Å². The van der Waals surface area contributed by atoms with E-state index >= 15 is 0 Å². The summed E-state index contributed by atoms with van der Waals surface area (Å²) in [6.45, 7) is 12.6. The van der Waals surface area contributed by atoms with Crippen LogP contribution in [0.3, 0.4) is 0 Å². The second-order valence-corrected chi connectivity index (χ2v) is 8.74. The number of nitrogens with one attached hydrogen (secondary N) is 1. The Hall–Kier alpha value is -1.62. The van der Waals surface area contributed by atoms with Gasteiger partial charge in [-0.05, 0) is 56.9 Å². The molecule has 1 atom stereocenters. The maximum Gasteiger partial charge on any atom is 0.341 e. The summed E-state index contributed by atoms with van der Waals surface area (Å²) in [6.07, 6.45) is 5.80. The van der Waals surface area contributed by atoms with Gasteiger partial charge in [0.25, 0.3) is 5.91 Å². The van der Waals surface area contributed by atoms with Gasteiger partial charge in [0.05, 0.1) is 12.2 Å². The zero-order valence-corrected chi connectivity index (χ0v) is 17.6. The third-order valence-electron chi connectivity index (χ3n) is 5.78. The Morgan fingerprint density at radius 1 is 1.35 bits per heavy atom. The predicted molar refractivity (Wildman–Crippen MR) is 108 cm³/mol. The Balaban J connectivity index is 2.40. The number of carbonyl (C=O) groups is 2. The smallest absolute Gasteiger partial charge is 0.341 e. The number of amides is 1. The lowest BCUT2D eigenvalue weighted by molar-refractivity contribution is -0.112. The minimum absolute atomic E-state index is 0.165. The van der Waals surface area contributed by atoms with Gasteiger partial charge in [-0.2, -0.15) is 0 Å². The Bertz CT molecular complexity index is 715. The summed E-state index contributed by atoms with van der Waals surface area (Å²) in [6, 6.07) is 0. The van der Waals surface area contributed by atoms with E-state index in [-0.39, 0.29) is 17.3 Å². The highest BCUT2D eigenvalue weighted by molar-refractivity contribution is 7.17. The standard InChI is InChI=1S/C21H31NO3S/c1-7-13(4)18(23)22-19-17(20(24)25-9-3)15-11-10-14(12-16(15)26-19)21(5,6)8-2/h7,14H,8-12H2,1-6H3,(H,22,23)/b13-7+/t14-/m0/s1. The molecule has 0 saturated carbocycles. The molecular weight excluding hydrogens is 346 g/mol. The van der Waals surface area contributed by atoms with Crippen molar-refractivity contribution in [2.75, 3.05) is 11.9 Å². The van der Waals surface area contributed by atoms with Crippen LogP contribution in [0.5, 0.6) is 0 Å². The van der Waals surface area contributed by atoms with Crippen molar-refractivity contribution in [3.63, 3.8) is 0 Å². The van der Waals surface area contributed by atoms with Gasteiger partial charge in [-0.15, -0.1) is 11.3 Å². The molecule has 1 aliphatic rings. The van der Waals surface area contributed by atoms with Crippen LogP contribution in [0.1, 0.15) is 75.2 Å². The Morgan fingerprint density at radius 3 is 2.62 bits per heavy atom. The van der Waals surface area contributed by atoms with Crippen LogP contribution in [0.4, 0.5) is 5.00 Å². The molecule has 26 heavy (non-hydrogen) atoms. The monoisotopic (exact) mass is 377 g/mol. The fourth-order valence-electron chi connectivity index (χ4n) is 3.38. The van der Waals surface area contributed by atoms with Crippen LogP contribution in [-0.2, 0) is 22.4 Å². The summed E-state index contributed by atoms with van der Waals surface area (Å²) < 4.78 is 5.28. The molecule has 0 radical (unpaired) electrons. The summed E-state index contributed by atoms with van der Waals surface area (Å²) in [5.74, 6) is 0.100. The highest BCUT2D eigenvalue weighted by Gasteiger charge is 2.35. The van der Waals surface area contributed by atoms with Crippen molar-refractivity contribution in [2.45, 2.75) is 67.2 Å². The Kier molecular flexibility index (Phi) is 6.67. The number of hydrogen-bond donors (Lipinski definition) is 1. The van der Waals surface area contributed by atoms with Gasteiger partial charge in [-0.3, -0.25) is 4.79 Å². The van der Waals surface area contributed by atoms with Gasteiger partial charge < -0.3 is 10.1 Å². The molecule has 0 spiro atoms. The number of allylic oxidation sites excluding steroid dienone is 1. The number of rotatable bonds is 6. The molecule has 1 aromatic rings. The third-order valence-corrected chi connectivity index (χ3v) is 6.95. The molecule has 0 aliphatic heterocycles. The van der Waals surface area contributed by atoms with E-state index in [2.05, 4.69) is 26.1 Å². The average Bonchev–Trinajstić information content (AvgIpc) is 2.97. The second kappa shape index (κ2) is 8.38. The van der Waals surface area contributed by atoms with Crippen molar-refractivity contribution in [2.24, 2.45) is 11.3 Å². The molecular formula is C21H31NO3S. The van der Waals surface area contributed by atoms with E-state index in [9.17, 15) is 9.59 Å². The van der Waals surface area contributed by atoms with Crippen LogP contribution in [0.25, 0.3) is 0 Å². The van der Waals surface area contributed by atoms with Crippen LogP contribution in [0.15, 0.2) is 11.6 Å².